The van der Waals surface area contributed by atoms with Crippen LogP contribution in [0.5, 0.6) is 0 Å². The topological polar surface area (TPSA) is 38.0 Å². The SMILES string of the molecule is Cc1ccc(NC(CN)c2cccc(Br)c2)cc1. The summed E-state index contributed by atoms with van der Waals surface area (Å²) in [5.41, 5.74) is 9.39. The number of aryl methyl sites for hydroxylation is 1. The van der Waals surface area contributed by atoms with Crippen molar-refractivity contribution in [2.45, 2.75) is 13.0 Å². The minimum absolute atomic E-state index is 0.130. The van der Waals surface area contributed by atoms with Gasteiger partial charge in [0.2, 0.25) is 0 Å². The normalized spacial score (nSPS) is 12.2. The standard InChI is InChI=1S/C15H17BrN2/c1-11-5-7-14(8-6-11)18-15(10-17)12-3-2-4-13(16)9-12/h2-9,15,18H,10,17H2,1H3. The van der Waals surface area contributed by atoms with Gasteiger partial charge in [-0.05, 0) is 36.8 Å². The van der Waals surface area contributed by atoms with Crippen LogP contribution >= 0.6 is 15.9 Å². The Balaban J connectivity index is 2.17. The Hall–Kier alpha value is -1.32. The van der Waals surface area contributed by atoms with Crippen LogP contribution in [0.4, 0.5) is 5.69 Å². The van der Waals surface area contributed by atoms with E-state index in [0.29, 0.717) is 6.54 Å². The highest BCUT2D eigenvalue weighted by Crippen LogP contribution is 2.22. The van der Waals surface area contributed by atoms with E-state index < -0.39 is 0 Å². The average Bonchev–Trinajstić information content (AvgIpc) is 2.38. The minimum Gasteiger partial charge on any atom is -0.377 e. The number of hydrogen-bond acceptors (Lipinski definition) is 2. The summed E-state index contributed by atoms with van der Waals surface area (Å²) in [5.74, 6) is 0. The number of rotatable bonds is 4. The predicted octanol–water partition coefficient (Wildman–Crippen LogP) is 3.87. The molecule has 0 aromatic heterocycles. The van der Waals surface area contributed by atoms with E-state index in [1.807, 2.05) is 12.1 Å². The molecule has 94 valence electrons. The molecular formula is C15H17BrN2. The quantitative estimate of drug-likeness (QED) is 0.900. The lowest BCUT2D eigenvalue weighted by atomic mass is 10.1. The van der Waals surface area contributed by atoms with Crippen molar-refractivity contribution in [2.24, 2.45) is 5.73 Å². The second-order valence-corrected chi connectivity index (χ2v) is 5.27. The molecule has 0 amide bonds. The molecule has 2 aromatic carbocycles. The zero-order chi connectivity index (χ0) is 13.0. The Morgan fingerprint density at radius 3 is 2.50 bits per heavy atom. The van der Waals surface area contributed by atoms with E-state index in [1.165, 1.54) is 11.1 Å². The highest BCUT2D eigenvalue weighted by atomic mass is 79.9. The monoisotopic (exact) mass is 304 g/mol. The van der Waals surface area contributed by atoms with Crippen LogP contribution in [-0.4, -0.2) is 6.54 Å². The molecule has 1 unspecified atom stereocenters. The zero-order valence-corrected chi connectivity index (χ0v) is 11.9. The van der Waals surface area contributed by atoms with Crippen LogP contribution in [0, 0.1) is 6.92 Å². The van der Waals surface area contributed by atoms with Gasteiger partial charge in [0, 0.05) is 16.7 Å². The van der Waals surface area contributed by atoms with E-state index in [2.05, 4.69) is 64.6 Å². The van der Waals surface area contributed by atoms with E-state index in [0.717, 1.165) is 10.2 Å². The van der Waals surface area contributed by atoms with Crippen LogP contribution in [0.3, 0.4) is 0 Å². The molecule has 1 atom stereocenters. The van der Waals surface area contributed by atoms with E-state index in [9.17, 15) is 0 Å². The second kappa shape index (κ2) is 6.03. The number of halogens is 1. The largest absolute Gasteiger partial charge is 0.377 e. The zero-order valence-electron chi connectivity index (χ0n) is 10.4. The van der Waals surface area contributed by atoms with E-state index in [1.54, 1.807) is 0 Å². The van der Waals surface area contributed by atoms with Crippen molar-refractivity contribution >= 4 is 21.6 Å². The van der Waals surface area contributed by atoms with Gasteiger partial charge in [0.25, 0.3) is 0 Å². The summed E-state index contributed by atoms with van der Waals surface area (Å²) < 4.78 is 1.07. The third-order valence-electron chi connectivity index (χ3n) is 2.88. The molecule has 3 heteroatoms. The number of nitrogens with two attached hydrogens (primary N) is 1. The van der Waals surface area contributed by atoms with Crippen LogP contribution in [0.1, 0.15) is 17.2 Å². The fourth-order valence-corrected chi connectivity index (χ4v) is 2.27. The molecule has 2 rings (SSSR count). The fourth-order valence-electron chi connectivity index (χ4n) is 1.85. The van der Waals surface area contributed by atoms with Gasteiger partial charge in [-0.25, -0.2) is 0 Å². The third kappa shape index (κ3) is 3.34. The molecule has 0 bridgehead atoms. The van der Waals surface area contributed by atoms with Crippen molar-refractivity contribution in [1.82, 2.24) is 0 Å². The minimum atomic E-state index is 0.130. The molecular weight excluding hydrogens is 288 g/mol. The molecule has 0 saturated carbocycles. The van der Waals surface area contributed by atoms with Crippen molar-refractivity contribution in [2.75, 3.05) is 11.9 Å². The molecule has 0 aliphatic rings. The van der Waals surface area contributed by atoms with Crippen LogP contribution in [0.2, 0.25) is 0 Å². The first-order valence-corrected chi connectivity index (χ1v) is 6.77. The Bertz CT molecular complexity index is 508. The summed E-state index contributed by atoms with van der Waals surface area (Å²) >= 11 is 3.49. The Morgan fingerprint density at radius 1 is 1.17 bits per heavy atom. The van der Waals surface area contributed by atoms with Crippen molar-refractivity contribution in [3.63, 3.8) is 0 Å². The van der Waals surface area contributed by atoms with Crippen LogP contribution in [0.25, 0.3) is 0 Å². The molecule has 3 N–H and O–H groups in total. The molecule has 2 aromatic rings. The molecule has 0 aliphatic heterocycles. The van der Waals surface area contributed by atoms with Gasteiger partial charge in [-0.1, -0.05) is 45.8 Å². The maximum atomic E-state index is 5.85. The summed E-state index contributed by atoms with van der Waals surface area (Å²) in [7, 11) is 0. The summed E-state index contributed by atoms with van der Waals surface area (Å²) in [5, 5.41) is 3.45. The lowest BCUT2D eigenvalue weighted by molar-refractivity contribution is 0.789. The molecule has 0 heterocycles. The van der Waals surface area contributed by atoms with E-state index in [-0.39, 0.29) is 6.04 Å². The van der Waals surface area contributed by atoms with Gasteiger partial charge in [0.1, 0.15) is 0 Å². The Morgan fingerprint density at radius 2 is 1.89 bits per heavy atom. The molecule has 0 saturated heterocycles. The van der Waals surface area contributed by atoms with Gasteiger partial charge in [-0.3, -0.25) is 0 Å². The molecule has 0 radical (unpaired) electrons. The lowest BCUT2D eigenvalue weighted by Crippen LogP contribution is -2.20. The summed E-state index contributed by atoms with van der Waals surface area (Å²) in [4.78, 5) is 0. The van der Waals surface area contributed by atoms with Gasteiger partial charge < -0.3 is 11.1 Å². The summed E-state index contributed by atoms with van der Waals surface area (Å²) in [6.07, 6.45) is 0. The lowest BCUT2D eigenvalue weighted by Gasteiger charge is -2.19. The van der Waals surface area contributed by atoms with Gasteiger partial charge in [-0.15, -0.1) is 0 Å². The molecule has 0 aliphatic carbocycles. The molecule has 0 fully saturated rings. The third-order valence-corrected chi connectivity index (χ3v) is 3.37. The molecule has 18 heavy (non-hydrogen) atoms. The van der Waals surface area contributed by atoms with Crippen LogP contribution in [-0.2, 0) is 0 Å². The van der Waals surface area contributed by atoms with Crippen molar-refractivity contribution in [3.8, 4) is 0 Å². The van der Waals surface area contributed by atoms with Crippen LogP contribution < -0.4 is 11.1 Å². The number of hydrogen-bond donors (Lipinski definition) is 2. The van der Waals surface area contributed by atoms with E-state index in [4.69, 9.17) is 5.73 Å². The highest BCUT2D eigenvalue weighted by molar-refractivity contribution is 9.10. The van der Waals surface area contributed by atoms with Crippen molar-refractivity contribution < 1.29 is 0 Å². The molecule has 0 spiro atoms. The van der Waals surface area contributed by atoms with Gasteiger partial charge >= 0.3 is 0 Å². The first-order valence-electron chi connectivity index (χ1n) is 5.98. The van der Waals surface area contributed by atoms with Gasteiger partial charge in [-0.2, -0.15) is 0 Å². The van der Waals surface area contributed by atoms with E-state index >= 15 is 0 Å². The van der Waals surface area contributed by atoms with Crippen LogP contribution in [0.15, 0.2) is 53.0 Å². The number of nitrogens with one attached hydrogen (secondary N) is 1. The molecule has 2 nitrogen and oxygen atoms in total. The Kier molecular flexibility index (Phi) is 4.39. The van der Waals surface area contributed by atoms with Crippen molar-refractivity contribution in [1.29, 1.82) is 0 Å². The summed E-state index contributed by atoms with van der Waals surface area (Å²) in [6.45, 7) is 2.64. The predicted molar refractivity (Wildman–Crippen MR) is 80.7 cm³/mol. The second-order valence-electron chi connectivity index (χ2n) is 4.35. The van der Waals surface area contributed by atoms with Gasteiger partial charge in [0.15, 0.2) is 0 Å². The fraction of sp³-hybridized carbons (Fsp3) is 0.200. The van der Waals surface area contributed by atoms with Gasteiger partial charge in [0.05, 0.1) is 6.04 Å². The maximum absolute atomic E-state index is 5.85. The Labute approximate surface area is 116 Å². The number of anilines is 1. The smallest absolute Gasteiger partial charge is 0.0636 e. The number of benzene rings is 2. The first kappa shape index (κ1) is 13.1. The maximum Gasteiger partial charge on any atom is 0.0636 e. The summed E-state index contributed by atoms with van der Waals surface area (Å²) in [6, 6.07) is 16.7. The highest BCUT2D eigenvalue weighted by Gasteiger charge is 2.09. The first-order chi connectivity index (χ1) is 8.69. The average molecular weight is 305 g/mol. The van der Waals surface area contributed by atoms with Crippen molar-refractivity contribution in [3.05, 3.63) is 64.1 Å².